The van der Waals surface area contributed by atoms with Crippen LogP contribution in [0.3, 0.4) is 0 Å². The van der Waals surface area contributed by atoms with E-state index in [0.29, 0.717) is 24.0 Å². The maximum absolute atomic E-state index is 12.9. The number of aliphatic imine (C=N–C) groups is 1. The smallest absolute Gasteiger partial charge is 0.258 e. The molecule has 2 N–H and O–H groups in total. The van der Waals surface area contributed by atoms with E-state index in [0.717, 1.165) is 30.8 Å². The molecular formula is C24H32N4O2. The molecular weight excluding hydrogens is 376 g/mol. The van der Waals surface area contributed by atoms with Gasteiger partial charge in [0.1, 0.15) is 0 Å². The van der Waals surface area contributed by atoms with Gasteiger partial charge in [0.05, 0.1) is 12.6 Å². The minimum Gasteiger partial charge on any atom is -0.378 e. The first-order valence-electron chi connectivity index (χ1n) is 10.5. The Morgan fingerprint density at radius 1 is 1.20 bits per heavy atom. The normalized spacial score (nSPS) is 16.6. The molecule has 1 aliphatic rings. The molecule has 1 fully saturated rings. The minimum atomic E-state index is -0.198. The van der Waals surface area contributed by atoms with E-state index in [1.54, 1.807) is 6.07 Å². The van der Waals surface area contributed by atoms with Crippen LogP contribution in [-0.4, -0.2) is 45.2 Å². The second-order valence-electron chi connectivity index (χ2n) is 8.12. The van der Waals surface area contributed by atoms with Gasteiger partial charge in [-0.2, -0.15) is 0 Å². The summed E-state index contributed by atoms with van der Waals surface area (Å²) in [6.45, 7) is 5.63. The summed E-state index contributed by atoms with van der Waals surface area (Å²) < 4.78 is 5.67. The Labute approximate surface area is 179 Å². The number of rotatable bonds is 6. The van der Waals surface area contributed by atoms with E-state index in [-0.39, 0.29) is 12.0 Å². The molecule has 1 aliphatic heterocycles. The summed E-state index contributed by atoms with van der Waals surface area (Å²) in [5, 5.41) is 6.19. The fraction of sp³-hybridized carbons (Fsp3) is 0.417. The fourth-order valence-electron chi connectivity index (χ4n) is 3.28. The monoisotopic (exact) mass is 408 g/mol. The lowest BCUT2D eigenvalue weighted by atomic mass is 10.0. The van der Waals surface area contributed by atoms with Crippen molar-refractivity contribution in [1.29, 1.82) is 0 Å². The lowest BCUT2D eigenvalue weighted by Crippen LogP contribution is -2.36. The summed E-state index contributed by atoms with van der Waals surface area (Å²) in [7, 11) is 3.90. The topological polar surface area (TPSA) is 66.0 Å². The van der Waals surface area contributed by atoms with E-state index in [4.69, 9.17) is 4.74 Å². The average molecular weight is 409 g/mol. The number of nitrogens with one attached hydrogen (secondary N) is 2. The van der Waals surface area contributed by atoms with Crippen LogP contribution in [0.1, 0.15) is 48.5 Å². The SMILES string of the molecule is CC(C)c1ccc(NC(=NCC2CCCO2)NC(=O)c2cccc(N(C)C)c2)cc1. The zero-order valence-corrected chi connectivity index (χ0v) is 18.3. The van der Waals surface area contributed by atoms with Gasteiger partial charge in [-0.15, -0.1) is 0 Å². The number of ether oxygens (including phenoxy) is 1. The number of carbonyl (C=O) groups excluding carboxylic acids is 1. The lowest BCUT2D eigenvalue weighted by Gasteiger charge is -2.16. The molecule has 1 unspecified atom stereocenters. The molecule has 0 saturated carbocycles. The van der Waals surface area contributed by atoms with Gasteiger partial charge < -0.3 is 15.0 Å². The number of anilines is 2. The molecule has 0 radical (unpaired) electrons. The molecule has 0 spiro atoms. The van der Waals surface area contributed by atoms with Crippen LogP contribution in [0.4, 0.5) is 11.4 Å². The molecule has 0 aliphatic carbocycles. The van der Waals surface area contributed by atoms with Gasteiger partial charge in [-0.05, 0) is 54.7 Å². The third-order valence-electron chi connectivity index (χ3n) is 5.17. The Kier molecular flexibility index (Phi) is 7.46. The Morgan fingerprint density at radius 2 is 1.97 bits per heavy atom. The number of guanidine groups is 1. The average Bonchev–Trinajstić information content (AvgIpc) is 3.26. The summed E-state index contributed by atoms with van der Waals surface area (Å²) >= 11 is 0. The molecule has 0 bridgehead atoms. The van der Waals surface area contributed by atoms with E-state index in [1.807, 2.05) is 49.3 Å². The summed E-state index contributed by atoms with van der Waals surface area (Å²) in [6, 6.07) is 15.7. The molecule has 1 heterocycles. The molecule has 2 aromatic carbocycles. The summed E-state index contributed by atoms with van der Waals surface area (Å²) in [5.41, 5.74) is 3.71. The number of benzene rings is 2. The van der Waals surface area contributed by atoms with Gasteiger partial charge in [-0.3, -0.25) is 10.1 Å². The van der Waals surface area contributed by atoms with Gasteiger partial charge in [0.15, 0.2) is 0 Å². The molecule has 30 heavy (non-hydrogen) atoms. The molecule has 6 heteroatoms. The van der Waals surface area contributed by atoms with Crippen molar-refractivity contribution in [3.63, 3.8) is 0 Å². The van der Waals surface area contributed by atoms with Crippen molar-refractivity contribution < 1.29 is 9.53 Å². The lowest BCUT2D eigenvalue weighted by molar-refractivity contribution is 0.0975. The van der Waals surface area contributed by atoms with E-state index in [9.17, 15) is 4.79 Å². The molecule has 1 amide bonds. The first-order chi connectivity index (χ1) is 14.4. The third-order valence-corrected chi connectivity index (χ3v) is 5.17. The molecule has 160 valence electrons. The zero-order chi connectivity index (χ0) is 21.5. The van der Waals surface area contributed by atoms with Crippen LogP contribution < -0.4 is 15.5 Å². The number of carbonyl (C=O) groups is 1. The highest BCUT2D eigenvalue weighted by Gasteiger charge is 2.16. The highest BCUT2D eigenvalue weighted by atomic mass is 16.5. The van der Waals surface area contributed by atoms with Crippen LogP contribution >= 0.6 is 0 Å². The van der Waals surface area contributed by atoms with Crippen molar-refractivity contribution in [1.82, 2.24) is 5.32 Å². The van der Waals surface area contributed by atoms with E-state index < -0.39 is 0 Å². The predicted octanol–water partition coefficient (Wildman–Crippen LogP) is 4.25. The molecule has 1 atom stereocenters. The van der Waals surface area contributed by atoms with E-state index in [2.05, 4.69) is 41.6 Å². The number of hydrogen-bond acceptors (Lipinski definition) is 4. The fourth-order valence-corrected chi connectivity index (χ4v) is 3.28. The summed E-state index contributed by atoms with van der Waals surface area (Å²) in [5.74, 6) is 0.703. The maximum atomic E-state index is 12.9. The Hall–Kier alpha value is -2.86. The van der Waals surface area contributed by atoms with Crippen LogP contribution in [0.2, 0.25) is 0 Å². The van der Waals surface area contributed by atoms with Gasteiger partial charge in [-0.25, -0.2) is 4.99 Å². The van der Waals surface area contributed by atoms with Crippen molar-refractivity contribution in [2.75, 3.05) is 37.5 Å². The van der Waals surface area contributed by atoms with Crippen LogP contribution in [0, 0.1) is 0 Å². The molecule has 1 saturated heterocycles. The second kappa shape index (κ2) is 10.3. The summed E-state index contributed by atoms with van der Waals surface area (Å²) in [4.78, 5) is 19.5. The molecule has 3 rings (SSSR count). The molecule has 2 aromatic rings. The predicted molar refractivity (Wildman–Crippen MR) is 124 cm³/mol. The largest absolute Gasteiger partial charge is 0.378 e. The number of nitrogens with zero attached hydrogens (tertiary/aromatic N) is 2. The highest BCUT2D eigenvalue weighted by Crippen LogP contribution is 2.18. The van der Waals surface area contributed by atoms with Crippen LogP contribution in [0.25, 0.3) is 0 Å². The van der Waals surface area contributed by atoms with Crippen molar-refractivity contribution in [3.05, 3.63) is 59.7 Å². The Balaban J connectivity index is 1.75. The second-order valence-corrected chi connectivity index (χ2v) is 8.12. The van der Waals surface area contributed by atoms with Gasteiger partial charge >= 0.3 is 0 Å². The van der Waals surface area contributed by atoms with E-state index >= 15 is 0 Å². The molecule has 6 nitrogen and oxygen atoms in total. The van der Waals surface area contributed by atoms with Gasteiger partial charge in [-0.1, -0.05) is 32.0 Å². The van der Waals surface area contributed by atoms with Gasteiger partial charge in [0.25, 0.3) is 5.91 Å². The van der Waals surface area contributed by atoms with Crippen LogP contribution in [-0.2, 0) is 4.74 Å². The Morgan fingerprint density at radius 3 is 2.60 bits per heavy atom. The standard InChI is InChI=1S/C24H32N4O2/c1-17(2)18-10-12-20(13-11-18)26-24(25-16-22-9-6-14-30-22)27-23(29)19-7-5-8-21(15-19)28(3)4/h5,7-8,10-13,15,17,22H,6,9,14,16H2,1-4H3,(H2,25,26,27,29). The van der Waals surface area contributed by atoms with Crippen LogP contribution in [0.15, 0.2) is 53.5 Å². The minimum absolute atomic E-state index is 0.110. The van der Waals surface area contributed by atoms with Crippen molar-refractivity contribution in [2.24, 2.45) is 4.99 Å². The number of hydrogen-bond donors (Lipinski definition) is 2. The van der Waals surface area contributed by atoms with Crippen molar-refractivity contribution in [3.8, 4) is 0 Å². The van der Waals surface area contributed by atoms with Crippen molar-refractivity contribution >= 4 is 23.2 Å². The van der Waals surface area contributed by atoms with Gasteiger partial charge in [0.2, 0.25) is 5.96 Å². The quantitative estimate of drug-likeness (QED) is 0.554. The van der Waals surface area contributed by atoms with Crippen LogP contribution in [0.5, 0.6) is 0 Å². The zero-order valence-electron chi connectivity index (χ0n) is 18.3. The third kappa shape index (κ3) is 6.07. The Bertz CT molecular complexity index is 869. The first-order valence-corrected chi connectivity index (χ1v) is 10.5. The maximum Gasteiger partial charge on any atom is 0.258 e. The molecule has 0 aromatic heterocycles. The first kappa shape index (κ1) is 21.8. The van der Waals surface area contributed by atoms with E-state index in [1.165, 1.54) is 5.56 Å². The number of amides is 1. The highest BCUT2D eigenvalue weighted by molar-refractivity contribution is 6.10. The van der Waals surface area contributed by atoms with Gasteiger partial charge in [0, 0.05) is 37.6 Å². The van der Waals surface area contributed by atoms with Crippen molar-refractivity contribution in [2.45, 2.75) is 38.7 Å². The summed E-state index contributed by atoms with van der Waals surface area (Å²) in [6.07, 6.45) is 2.17.